The van der Waals surface area contributed by atoms with Gasteiger partial charge in [0.2, 0.25) is 5.91 Å². The summed E-state index contributed by atoms with van der Waals surface area (Å²) < 4.78 is 32.7. The maximum absolute atomic E-state index is 13.8. The average molecular weight is 451 g/mol. The fourth-order valence-corrected chi connectivity index (χ4v) is 4.67. The first-order chi connectivity index (χ1) is 15.5. The van der Waals surface area contributed by atoms with Crippen LogP contribution >= 0.6 is 0 Å². The lowest BCUT2D eigenvalue weighted by Crippen LogP contribution is -2.56. The van der Waals surface area contributed by atoms with E-state index in [1.807, 2.05) is 0 Å². The SMILES string of the molecule is NC[C@@H](C(=O)Nc1ccc(N2CCOCC2=O)c(C(F)F)c1)N(CC1CCC1)C1CCC1. The van der Waals surface area contributed by atoms with Gasteiger partial charge in [0.25, 0.3) is 12.3 Å². The number of carbonyl (C=O) groups is 2. The predicted molar refractivity (Wildman–Crippen MR) is 118 cm³/mol. The third kappa shape index (κ3) is 4.94. The molecule has 1 aliphatic heterocycles. The smallest absolute Gasteiger partial charge is 0.265 e. The van der Waals surface area contributed by atoms with Gasteiger partial charge in [0.05, 0.1) is 12.3 Å². The van der Waals surface area contributed by atoms with Crippen molar-refractivity contribution in [3.8, 4) is 0 Å². The summed E-state index contributed by atoms with van der Waals surface area (Å²) in [5.41, 5.74) is 6.17. The van der Waals surface area contributed by atoms with Crippen LogP contribution in [0.1, 0.15) is 50.5 Å². The second kappa shape index (κ2) is 10.2. The van der Waals surface area contributed by atoms with Gasteiger partial charge in [0.15, 0.2) is 0 Å². The van der Waals surface area contributed by atoms with E-state index in [-0.39, 0.29) is 48.4 Å². The quantitative estimate of drug-likeness (QED) is 0.604. The Balaban J connectivity index is 1.50. The van der Waals surface area contributed by atoms with Gasteiger partial charge in [-0.05, 0) is 49.8 Å². The van der Waals surface area contributed by atoms with Crippen LogP contribution in [0.25, 0.3) is 0 Å². The van der Waals surface area contributed by atoms with Crippen molar-refractivity contribution in [3.63, 3.8) is 0 Å². The first-order valence-corrected chi connectivity index (χ1v) is 11.5. The van der Waals surface area contributed by atoms with Crippen molar-refractivity contribution >= 4 is 23.2 Å². The standard InChI is InChI=1S/C23H32F2N4O3/c24-22(25)18-11-16(7-8-19(18)28-9-10-32-14-21(28)30)27-23(31)20(12-26)29(17-5-2-6-17)13-15-3-1-4-15/h7-8,11,15,17,20,22H,1-6,9-10,12-14,26H2,(H,27,31)/t20-/m0/s1. The van der Waals surface area contributed by atoms with Gasteiger partial charge in [-0.1, -0.05) is 12.8 Å². The Morgan fingerprint density at radius 3 is 2.56 bits per heavy atom. The van der Waals surface area contributed by atoms with Gasteiger partial charge in [-0.2, -0.15) is 0 Å². The average Bonchev–Trinajstić information content (AvgIpc) is 2.70. The monoisotopic (exact) mass is 450 g/mol. The van der Waals surface area contributed by atoms with Gasteiger partial charge in [0.1, 0.15) is 12.6 Å². The van der Waals surface area contributed by atoms with E-state index in [9.17, 15) is 18.4 Å². The first-order valence-electron chi connectivity index (χ1n) is 11.5. The summed E-state index contributed by atoms with van der Waals surface area (Å²) in [6, 6.07) is 4.16. The van der Waals surface area contributed by atoms with E-state index in [4.69, 9.17) is 10.5 Å². The zero-order valence-electron chi connectivity index (χ0n) is 18.3. The number of ether oxygens (including phenoxy) is 1. The third-order valence-corrected chi connectivity index (χ3v) is 6.97. The fourth-order valence-electron chi connectivity index (χ4n) is 4.67. The number of alkyl halides is 2. The van der Waals surface area contributed by atoms with Crippen LogP contribution in [0.4, 0.5) is 20.2 Å². The number of anilines is 2. The minimum atomic E-state index is -2.78. The van der Waals surface area contributed by atoms with Gasteiger partial charge >= 0.3 is 0 Å². The Hall–Kier alpha value is -2.10. The molecule has 0 unspecified atom stereocenters. The van der Waals surface area contributed by atoms with E-state index in [0.717, 1.165) is 25.8 Å². The Labute approximate surface area is 187 Å². The van der Waals surface area contributed by atoms with Crippen molar-refractivity contribution in [2.75, 3.05) is 43.1 Å². The van der Waals surface area contributed by atoms with Gasteiger partial charge < -0.3 is 20.7 Å². The maximum atomic E-state index is 13.8. The second-order valence-corrected chi connectivity index (χ2v) is 8.99. The number of nitrogens with zero attached hydrogens (tertiary/aromatic N) is 2. The number of halogens is 2. The van der Waals surface area contributed by atoms with Crippen molar-refractivity contribution in [1.82, 2.24) is 4.90 Å². The van der Waals surface area contributed by atoms with Crippen LogP contribution in [0, 0.1) is 5.92 Å². The van der Waals surface area contributed by atoms with Crippen molar-refractivity contribution in [2.45, 2.75) is 57.0 Å². The molecule has 32 heavy (non-hydrogen) atoms. The maximum Gasteiger partial charge on any atom is 0.265 e. The summed E-state index contributed by atoms with van der Waals surface area (Å²) in [5, 5.41) is 2.80. The molecule has 1 heterocycles. The molecule has 1 aromatic rings. The van der Waals surface area contributed by atoms with Crippen molar-refractivity contribution in [1.29, 1.82) is 0 Å². The number of hydrogen-bond donors (Lipinski definition) is 2. The Morgan fingerprint density at radius 2 is 2.00 bits per heavy atom. The molecule has 4 rings (SSSR count). The molecule has 3 aliphatic rings. The number of nitrogens with two attached hydrogens (primary N) is 1. The van der Waals surface area contributed by atoms with E-state index in [1.165, 1.54) is 36.3 Å². The molecular weight excluding hydrogens is 418 g/mol. The highest BCUT2D eigenvalue weighted by molar-refractivity contribution is 5.98. The van der Waals surface area contributed by atoms with E-state index < -0.39 is 12.5 Å². The summed E-state index contributed by atoms with van der Waals surface area (Å²) in [4.78, 5) is 28.8. The zero-order valence-corrected chi connectivity index (χ0v) is 18.3. The van der Waals surface area contributed by atoms with Crippen molar-refractivity contribution in [2.24, 2.45) is 11.7 Å². The molecule has 2 aliphatic carbocycles. The van der Waals surface area contributed by atoms with Gasteiger partial charge in [0, 0.05) is 36.9 Å². The molecule has 9 heteroatoms. The first kappa shape index (κ1) is 23.1. The molecule has 2 amide bonds. The molecule has 1 saturated heterocycles. The highest BCUT2D eigenvalue weighted by Crippen LogP contribution is 2.35. The molecule has 1 atom stereocenters. The fraction of sp³-hybridized carbons (Fsp3) is 0.652. The van der Waals surface area contributed by atoms with E-state index >= 15 is 0 Å². The second-order valence-electron chi connectivity index (χ2n) is 8.99. The molecule has 1 aromatic carbocycles. The van der Waals surface area contributed by atoms with E-state index in [2.05, 4.69) is 10.2 Å². The van der Waals surface area contributed by atoms with Crippen LogP contribution < -0.4 is 16.0 Å². The summed E-state index contributed by atoms with van der Waals surface area (Å²) in [5.74, 6) is -0.0207. The number of rotatable bonds is 9. The number of carbonyl (C=O) groups excluding carboxylic acids is 2. The summed E-state index contributed by atoms with van der Waals surface area (Å²) in [7, 11) is 0. The molecule has 0 radical (unpaired) electrons. The minimum absolute atomic E-state index is 0.128. The Kier molecular flexibility index (Phi) is 7.37. The van der Waals surface area contributed by atoms with Crippen molar-refractivity contribution < 1.29 is 23.1 Å². The number of nitrogens with one attached hydrogen (secondary N) is 1. The van der Waals surface area contributed by atoms with Gasteiger partial charge in [-0.3, -0.25) is 14.5 Å². The normalized spacial score (nSPS) is 20.9. The van der Waals surface area contributed by atoms with Crippen LogP contribution in [-0.4, -0.2) is 61.6 Å². The van der Waals surface area contributed by atoms with E-state index in [1.54, 1.807) is 6.07 Å². The van der Waals surface area contributed by atoms with Crippen LogP contribution in [0.3, 0.4) is 0 Å². The van der Waals surface area contributed by atoms with Crippen molar-refractivity contribution in [3.05, 3.63) is 23.8 Å². The zero-order chi connectivity index (χ0) is 22.7. The highest BCUT2D eigenvalue weighted by atomic mass is 19.3. The Bertz CT molecular complexity index is 829. The molecule has 2 saturated carbocycles. The molecule has 0 aromatic heterocycles. The minimum Gasteiger partial charge on any atom is -0.370 e. The summed E-state index contributed by atoms with van der Waals surface area (Å²) in [6.45, 7) is 1.43. The van der Waals surface area contributed by atoms with Gasteiger partial charge in [-0.25, -0.2) is 8.78 Å². The topological polar surface area (TPSA) is 87.9 Å². The van der Waals surface area contributed by atoms with Crippen LogP contribution in [0.2, 0.25) is 0 Å². The molecule has 0 bridgehead atoms. The van der Waals surface area contributed by atoms with Crippen LogP contribution in [0.15, 0.2) is 18.2 Å². The highest BCUT2D eigenvalue weighted by Gasteiger charge is 2.36. The predicted octanol–water partition coefficient (Wildman–Crippen LogP) is 2.91. The van der Waals surface area contributed by atoms with Gasteiger partial charge in [-0.15, -0.1) is 0 Å². The van der Waals surface area contributed by atoms with Crippen LogP contribution in [-0.2, 0) is 14.3 Å². The Morgan fingerprint density at radius 1 is 1.25 bits per heavy atom. The molecule has 3 N–H and O–H groups in total. The largest absolute Gasteiger partial charge is 0.370 e. The third-order valence-electron chi connectivity index (χ3n) is 6.97. The summed E-state index contributed by atoms with van der Waals surface area (Å²) in [6.07, 6.45) is 4.10. The molecule has 0 spiro atoms. The molecule has 7 nitrogen and oxygen atoms in total. The van der Waals surface area contributed by atoms with Crippen LogP contribution in [0.5, 0.6) is 0 Å². The molecule has 176 valence electrons. The van der Waals surface area contributed by atoms with E-state index in [0.29, 0.717) is 18.6 Å². The lowest BCUT2D eigenvalue weighted by atomic mass is 9.82. The number of amides is 2. The lowest BCUT2D eigenvalue weighted by Gasteiger charge is -2.44. The molecular formula is C23H32F2N4O3. The number of benzene rings is 1. The number of morpholine rings is 1. The number of hydrogen-bond acceptors (Lipinski definition) is 5. The molecule has 3 fully saturated rings. The summed E-state index contributed by atoms with van der Waals surface area (Å²) >= 11 is 0. The lowest BCUT2D eigenvalue weighted by molar-refractivity contribution is -0.126.